The number of methoxy groups -OCH3 is 2. The smallest absolute Gasteiger partial charge is 0.264 e. The highest BCUT2D eigenvalue weighted by Gasteiger charge is 2.34. The first-order chi connectivity index (χ1) is 19.0. The second kappa shape index (κ2) is 13.5. The summed E-state index contributed by atoms with van der Waals surface area (Å²) in [4.78, 5) is 28.4. The van der Waals surface area contributed by atoms with E-state index in [4.69, 9.17) is 21.1 Å². The number of nitrogens with one attached hydrogen (secondary N) is 1. The number of sulfonamides is 1. The maximum atomic E-state index is 14.0. The third-order valence-corrected chi connectivity index (χ3v) is 8.11. The molecule has 0 spiro atoms. The fourth-order valence-corrected chi connectivity index (χ4v) is 5.69. The zero-order valence-electron chi connectivity index (χ0n) is 23.1. The van der Waals surface area contributed by atoms with Gasteiger partial charge in [0.2, 0.25) is 11.8 Å². The summed E-state index contributed by atoms with van der Waals surface area (Å²) in [5.74, 6) is -0.380. The Kier molecular flexibility index (Phi) is 10.4. The third kappa shape index (κ3) is 7.45. The molecule has 214 valence electrons. The molecular formula is C29H34ClN3O6S. The topological polar surface area (TPSA) is 105 Å². The van der Waals surface area contributed by atoms with Crippen LogP contribution in [0.15, 0.2) is 77.7 Å². The molecule has 3 aromatic carbocycles. The monoisotopic (exact) mass is 587 g/mol. The molecule has 40 heavy (non-hydrogen) atoms. The predicted octanol–water partition coefficient (Wildman–Crippen LogP) is 4.49. The van der Waals surface area contributed by atoms with Gasteiger partial charge in [0.25, 0.3) is 10.0 Å². The first-order valence-electron chi connectivity index (χ1n) is 12.6. The lowest BCUT2D eigenvalue weighted by atomic mass is 10.1. The van der Waals surface area contributed by atoms with Crippen LogP contribution >= 0.6 is 11.6 Å². The highest BCUT2D eigenvalue weighted by atomic mass is 35.5. The van der Waals surface area contributed by atoms with Crippen molar-refractivity contribution in [1.29, 1.82) is 0 Å². The zero-order valence-corrected chi connectivity index (χ0v) is 24.7. The molecule has 3 rings (SSSR count). The van der Waals surface area contributed by atoms with E-state index in [1.807, 2.05) is 13.8 Å². The predicted molar refractivity (Wildman–Crippen MR) is 155 cm³/mol. The molecule has 3 aromatic rings. The highest BCUT2D eigenvalue weighted by molar-refractivity contribution is 7.92. The van der Waals surface area contributed by atoms with E-state index < -0.39 is 28.5 Å². The van der Waals surface area contributed by atoms with Crippen molar-refractivity contribution in [3.63, 3.8) is 0 Å². The quantitative estimate of drug-likeness (QED) is 0.335. The van der Waals surface area contributed by atoms with Crippen LogP contribution in [0.3, 0.4) is 0 Å². The Hall–Kier alpha value is -3.76. The summed E-state index contributed by atoms with van der Waals surface area (Å²) < 4.78 is 39.7. The second-order valence-electron chi connectivity index (χ2n) is 9.35. The van der Waals surface area contributed by atoms with Crippen molar-refractivity contribution >= 4 is 39.1 Å². The van der Waals surface area contributed by atoms with Crippen LogP contribution in [0.5, 0.6) is 11.5 Å². The summed E-state index contributed by atoms with van der Waals surface area (Å²) in [7, 11) is -1.40. The molecule has 1 unspecified atom stereocenters. The number of ether oxygens (including phenoxy) is 2. The molecule has 0 saturated carbocycles. The number of anilines is 1. The number of carbonyl (C=O) groups excluding carboxylic acids is 2. The van der Waals surface area contributed by atoms with Gasteiger partial charge in [0.15, 0.2) is 0 Å². The average molecular weight is 588 g/mol. The Morgan fingerprint density at radius 1 is 0.925 bits per heavy atom. The largest absolute Gasteiger partial charge is 0.497 e. The van der Waals surface area contributed by atoms with Gasteiger partial charge in [-0.2, -0.15) is 0 Å². The standard InChI is InChI=1S/C29H34ClN3O6S/c1-20(2)31-29(35)21(3)32(18-22-10-9-11-23(30)16-22)28(34)19-33(40(36,37)25-12-7-6-8-13-25)26-17-24(38-4)14-15-27(26)39-5/h6-17,20-21H,18-19H2,1-5H3,(H,31,35). The maximum Gasteiger partial charge on any atom is 0.264 e. The second-order valence-corrected chi connectivity index (χ2v) is 11.7. The van der Waals surface area contributed by atoms with Gasteiger partial charge in [0.05, 0.1) is 24.8 Å². The molecule has 0 radical (unpaired) electrons. The zero-order chi connectivity index (χ0) is 29.4. The number of hydrogen-bond donors (Lipinski definition) is 1. The number of hydrogen-bond acceptors (Lipinski definition) is 6. The van der Waals surface area contributed by atoms with Gasteiger partial charge in [-0.1, -0.05) is 41.9 Å². The summed E-state index contributed by atoms with van der Waals surface area (Å²) in [6, 6.07) is 18.3. The fraction of sp³-hybridized carbons (Fsp3) is 0.310. The molecule has 1 atom stereocenters. The number of rotatable bonds is 12. The molecule has 0 aliphatic carbocycles. The van der Waals surface area contributed by atoms with Crippen LogP contribution in [0.1, 0.15) is 26.3 Å². The Balaban J connectivity index is 2.11. The summed E-state index contributed by atoms with van der Waals surface area (Å²) in [6.07, 6.45) is 0. The minimum atomic E-state index is -4.26. The first-order valence-corrected chi connectivity index (χ1v) is 14.4. The average Bonchev–Trinajstić information content (AvgIpc) is 2.93. The van der Waals surface area contributed by atoms with Crippen molar-refractivity contribution < 1.29 is 27.5 Å². The molecular weight excluding hydrogens is 554 g/mol. The Labute approximate surface area is 240 Å². The van der Waals surface area contributed by atoms with Crippen LogP contribution in [0.2, 0.25) is 5.02 Å². The number of nitrogens with zero attached hydrogens (tertiary/aromatic N) is 2. The van der Waals surface area contributed by atoms with Gasteiger partial charge in [-0.25, -0.2) is 8.42 Å². The van der Waals surface area contributed by atoms with E-state index in [9.17, 15) is 18.0 Å². The summed E-state index contributed by atoms with van der Waals surface area (Å²) >= 11 is 6.18. The van der Waals surface area contributed by atoms with Gasteiger partial charge < -0.3 is 19.7 Å². The highest BCUT2D eigenvalue weighted by Crippen LogP contribution is 2.36. The van der Waals surface area contributed by atoms with Gasteiger partial charge in [-0.05, 0) is 62.7 Å². The van der Waals surface area contributed by atoms with Crippen LogP contribution in [0.25, 0.3) is 0 Å². The molecule has 0 aliphatic heterocycles. The van der Waals surface area contributed by atoms with Crippen LogP contribution in [-0.2, 0) is 26.2 Å². The third-order valence-electron chi connectivity index (χ3n) is 6.10. The van der Waals surface area contributed by atoms with Crippen molar-refractivity contribution in [2.45, 2.75) is 44.3 Å². The van der Waals surface area contributed by atoms with Crippen molar-refractivity contribution in [3.8, 4) is 11.5 Å². The lowest BCUT2D eigenvalue weighted by Gasteiger charge is -2.32. The minimum absolute atomic E-state index is 0.0142. The van der Waals surface area contributed by atoms with E-state index in [-0.39, 0.29) is 34.8 Å². The van der Waals surface area contributed by atoms with Gasteiger partial charge in [-0.3, -0.25) is 13.9 Å². The van der Waals surface area contributed by atoms with E-state index in [2.05, 4.69) is 5.32 Å². The van der Waals surface area contributed by atoms with Crippen molar-refractivity contribution in [2.75, 3.05) is 25.1 Å². The molecule has 11 heteroatoms. The lowest BCUT2D eigenvalue weighted by molar-refractivity contribution is -0.139. The fourth-order valence-electron chi connectivity index (χ4n) is 4.04. The van der Waals surface area contributed by atoms with Gasteiger partial charge >= 0.3 is 0 Å². The Morgan fingerprint density at radius 2 is 1.62 bits per heavy atom. The van der Waals surface area contributed by atoms with Gasteiger partial charge in [0.1, 0.15) is 24.1 Å². The van der Waals surface area contributed by atoms with Gasteiger partial charge in [-0.15, -0.1) is 0 Å². The molecule has 9 nitrogen and oxygen atoms in total. The van der Waals surface area contributed by atoms with E-state index in [0.29, 0.717) is 16.3 Å². The number of halogens is 1. The van der Waals surface area contributed by atoms with Crippen LogP contribution in [-0.4, -0.2) is 58.0 Å². The summed E-state index contributed by atoms with van der Waals surface area (Å²) in [5, 5.41) is 3.29. The van der Waals surface area contributed by atoms with Crippen molar-refractivity contribution in [3.05, 3.63) is 83.4 Å². The Morgan fingerprint density at radius 3 is 2.23 bits per heavy atom. The normalized spacial score (nSPS) is 12.0. The molecule has 0 heterocycles. The molecule has 2 amide bonds. The molecule has 0 aliphatic rings. The van der Waals surface area contributed by atoms with Crippen LogP contribution in [0, 0.1) is 0 Å². The van der Waals surface area contributed by atoms with Crippen LogP contribution in [0.4, 0.5) is 5.69 Å². The number of benzene rings is 3. The summed E-state index contributed by atoms with van der Waals surface area (Å²) in [6.45, 7) is 4.65. The van der Waals surface area contributed by atoms with Crippen molar-refractivity contribution in [1.82, 2.24) is 10.2 Å². The summed E-state index contributed by atoms with van der Waals surface area (Å²) in [5.41, 5.74) is 0.794. The van der Waals surface area contributed by atoms with Crippen molar-refractivity contribution in [2.24, 2.45) is 0 Å². The molecule has 1 N–H and O–H groups in total. The van der Waals surface area contributed by atoms with Gasteiger partial charge in [0, 0.05) is 23.7 Å². The number of carbonyl (C=O) groups is 2. The first kappa shape index (κ1) is 30.8. The molecule has 0 fully saturated rings. The Bertz CT molecular complexity index is 1430. The number of amides is 2. The SMILES string of the molecule is COc1ccc(OC)c(N(CC(=O)N(Cc2cccc(Cl)c2)C(C)C(=O)NC(C)C)S(=O)(=O)c2ccccc2)c1. The molecule has 0 bridgehead atoms. The van der Waals surface area contributed by atoms with Crippen LogP contribution < -0.4 is 19.1 Å². The minimum Gasteiger partial charge on any atom is -0.497 e. The van der Waals surface area contributed by atoms with E-state index in [1.54, 1.807) is 61.5 Å². The van der Waals surface area contributed by atoms with E-state index in [1.165, 1.54) is 37.3 Å². The van der Waals surface area contributed by atoms with E-state index in [0.717, 1.165) is 4.31 Å². The van der Waals surface area contributed by atoms with E-state index >= 15 is 0 Å². The maximum absolute atomic E-state index is 14.0. The molecule has 0 aromatic heterocycles. The molecule has 0 saturated heterocycles. The lowest BCUT2D eigenvalue weighted by Crippen LogP contribution is -2.52.